The van der Waals surface area contributed by atoms with E-state index in [0.717, 1.165) is 21.6 Å². The van der Waals surface area contributed by atoms with Crippen molar-refractivity contribution in [3.63, 3.8) is 0 Å². The molecular weight excluding hydrogens is 354 g/mol. The first-order valence-electron chi connectivity index (χ1n) is 8.02. The summed E-state index contributed by atoms with van der Waals surface area (Å²) in [6.45, 7) is 5.37. The maximum absolute atomic E-state index is 12.3. The van der Waals surface area contributed by atoms with Crippen LogP contribution in [0.4, 0.5) is 5.69 Å². The summed E-state index contributed by atoms with van der Waals surface area (Å²) in [4.78, 5) is 24.4. The molecular formula is C18H18ClN5O2. The number of rotatable bonds is 4. The first-order chi connectivity index (χ1) is 12.3. The van der Waals surface area contributed by atoms with Crippen LogP contribution in [0.15, 0.2) is 41.2 Å². The van der Waals surface area contributed by atoms with Gasteiger partial charge in [-0.25, -0.2) is 9.36 Å². The average molecular weight is 372 g/mol. The fraction of sp³-hybridized carbons (Fsp3) is 0.222. The van der Waals surface area contributed by atoms with E-state index in [1.165, 1.54) is 6.07 Å². The number of hydrogen-bond acceptors (Lipinski definition) is 4. The molecule has 0 atom stereocenters. The highest BCUT2D eigenvalue weighted by atomic mass is 35.5. The van der Waals surface area contributed by atoms with Crippen molar-refractivity contribution >= 4 is 23.2 Å². The summed E-state index contributed by atoms with van der Waals surface area (Å²) in [5, 5.41) is 11.9. The van der Waals surface area contributed by atoms with E-state index in [1.54, 1.807) is 28.9 Å². The molecule has 2 heterocycles. The molecule has 1 aromatic carbocycles. The van der Waals surface area contributed by atoms with Gasteiger partial charge in [-0.2, -0.15) is 5.10 Å². The largest absolute Gasteiger partial charge is 0.324 e. The van der Waals surface area contributed by atoms with Gasteiger partial charge in [-0.3, -0.25) is 9.59 Å². The molecule has 0 aliphatic heterocycles. The third kappa shape index (κ3) is 3.67. The Kier molecular flexibility index (Phi) is 4.90. The van der Waals surface area contributed by atoms with Gasteiger partial charge in [-0.1, -0.05) is 17.7 Å². The molecule has 0 saturated heterocycles. The van der Waals surface area contributed by atoms with Gasteiger partial charge in [0, 0.05) is 22.5 Å². The minimum Gasteiger partial charge on any atom is -0.324 e. The van der Waals surface area contributed by atoms with Crippen LogP contribution in [0.3, 0.4) is 0 Å². The molecule has 2 aromatic heterocycles. The maximum atomic E-state index is 12.3. The Bertz CT molecular complexity index is 1040. The number of aryl methyl sites for hydroxylation is 2. The van der Waals surface area contributed by atoms with Crippen LogP contribution in [0.2, 0.25) is 5.02 Å². The van der Waals surface area contributed by atoms with Gasteiger partial charge >= 0.3 is 0 Å². The highest BCUT2D eigenvalue weighted by molar-refractivity contribution is 6.31. The van der Waals surface area contributed by atoms with E-state index in [0.29, 0.717) is 16.5 Å². The number of benzene rings is 1. The number of amides is 1. The lowest BCUT2D eigenvalue weighted by Gasteiger charge is -2.11. The summed E-state index contributed by atoms with van der Waals surface area (Å²) in [6, 6.07) is 10.1. The van der Waals surface area contributed by atoms with Crippen LogP contribution in [-0.2, 0) is 11.3 Å². The fourth-order valence-corrected chi connectivity index (χ4v) is 2.77. The van der Waals surface area contributed by atoms with Crippen molar-refractivity contribution in [1.29, 1.82) is 0 Å². The minimum absolute atomic E-state index is 0.210. The molecule has 8 heteroatoms. The van der Waals surface area contributed by atoms with Crippen molar-refractivity contribution in [2.75, 3.05) is 5.32 Å². The van der Waals surface area contributed by atoms with Gasteiger partial charge in [0.15, 0.2) is 5.82 Å². The number of halogens is 1. The Hall–Kier alpha value is -2.93. The summed E-state index contributed by atoms with van der Waals surface area (Å²) in [5.41, 5.74) is 2.73. The molecule has 0 aliphatic carbocycles. The predicted octanol–water partition coefficient (Wildman–Crippen LogP) is 2.65. The van der Waals surface area contributed by atoms with Crippen molar-refractivity contribution in [2.45, 2.75) is 27.3 Å². The summed E-state index contributed by atoms with van der Waals surface area (Å²) in [7, 11) is 0. The first-order valence-corrected chi connectivity index (χ1v) is 8.40. The van der Waals surface area contributed by atoms with Crippen LogP contribution in [0, 0.1) is 20.8 Å². The zero-order valence-corrected chi connectivity index (χ0v) is 15.4. The van der Waals surface area contributed by atoms with Gasteiger partial charge in [0.25, 0.3) is 5.56 Å². The molecule has 26 heavy (non-hydrogen) atoms. The van der Waals surface area contributed by atoms with Crippen LogP contribution in [0.25, 0.3) is 5.82 Å². The molecule has 1 amide bonds. The highest BCUT2D eigenvalue weighted by Gasteiger charge is 2.11. The number of nitrogens with one attached hydrogen (secondary N) is 1. The van der Waals surface area contributed by atoms with E-state index >= 15 is 0 Å². The molecule has 0 fully saturated rings. The smallest absolute Gasteiger partial charge is 0.267 e. The molecule has 0 spiro atoms. The average Bonchev–Trinajstić information content (AvgIpc) is 2.92. The van der Waals surface area contributed by atoms with Gasteiger partial charge in [0.1, 0.15) is 6.54 Å². The Labute approximate surface area is 155 Å². The van der Waals surface area contributed by atoms with E-state index < -0.39 is 0 Å². The van der Waals surface area contributed by atoms with Crippen molar-refractivity contribution in [3.8, 4) is 5.82 Å². The summed E-state index contributed by atoms with van der Waals surface area (Å²) in [6.07, 6.45) is 0. The number of aromatic nitrogens is 4. The van der Waals surface area contributed by atoms with E-state index in [1.807, 2.05) is 26.8 Å². The lowest BCUT2D eigenvalue weighted by atomic mass is 10.2. The van der Waals surface area contributed by atoms with Crippen LogP contribution in [0.5, 0.6) is 0 Å². The number of anilines is 1. The molecule has 0 saturated carbocycles. The lowest BCUT2D eigenvalue weighted by molar-refractivity contribution is -0.117. The molecule has 3 rings (SSSR count). The molecule has 1 N–H and O–H groups in total. The maximum Gasteiger partial charge on any atom is 0.267 e. The van der Waals surface area contributed by atoms with Gasteiger partial charge in [0.2, 0.25) is 5.91 Å². The monoisotopic (exact) mass is 371 g/mol. The standard InChI is InChI=1S/C18H18ClN5O2/c1-11-9-12(2)24(21-11)16-7-8-18(26)23(22-16)10-17(25)20-15-6-4-5-14(19)13(15)3/h4-9H,10H2,1-3H3,(H,20,25). The molecule has 0 unspecified atom stereocenters. The molecule has 0 bridgehead atoms. The second kappa shape index (κ2) is 7.13. The normalized spacial score (nSPS) is 10.8. The number of carbonyl (C=O) groups is 1. The van der Waals surface area contributed by atoms with E-state index in [-0.39, 0.29) is 18.0 Å². The molecule has 0 radical (unpaired) electrons. The molecule has 0 aliphatic rings. The van der Waals surface area contributed by atoms with E-state index in [2.05, 4.69) is 15.5 Å². The van der Waals surface area contributed by atoms with Gasteiger partial charge in [0.05, 0.1) is 5.69 Å². The summed E-state index contributed by atoms with van der Waals surface area (Å²) in [5.74, 6) is 0.109. The van der Waals surface area contributed by atoms with E-state index in [9.17, 15) is 9.59 Å². The number of carbonyl (C=O) groups excluding carboxylic acids is 1. The van der Waals surface area contributed by atoms with E-state index in [4.69, 9.17) is 11.6 Å². The lowest BCUT2D eigenvalue weighted by Crippen LogP contribution is -2.30. The molecule has 134 valence electrons. The minimum atomic E-state index is -0.367. The Morgan fingerprint density at radius 3 is 2.62 bits per heavy atom. The van der Waals surface area contributed by atoms with Crippen LogP contribution < -0.4 is 10.9 Å². The number of hydrogen-bond donors (Lipinski definition) is 1. The van der Waals surface area contributed by atoms with Gasteiger partial charge in [-0.15, -0.1) is 5.10 Å². The fourth-order valence-electron chi connectivity index (χ4n) is 2.59. The topological polar surface area (TPSA) is 81.8 Å². The Morgan fingerprint density at radius 1 is 1.15 bits per heavy atom. The predicted molar refractivity (Wildman–Crippen MR) is 99.9 cm³/mol. The Morgan fingerprint density at radius 2 is 1.92 bits per heavy atom. The van der Waals surface area contributed by atoms with Crippen molar-refractivity contribution < 1.29 is 4.79 Å². The van der Waals surface area contributed by atoms with Crippen LogP contribution in [0.1, 0.15) is 17.0 Å². The first kappa shape index (κ1) is 17.9. The zero-order chi connectivity index (χ0) is 18.8. The molecule has 3 aromatic rings. The summed E-state index contributed by atoms with van der Waals surface area (Å²) >= 11 is 6.06. The highest BCUT2D eigenvalue weighted by Crippen LogP contribution is 2.22. The van der Waals surface area contributed by atoms with Gasteiger partial charge < -0.3 is 5.32 Å². The quantitative estimate of drug-likeness (QED) is 0.764. The van der Waals surface area contributed by atoms with Crippen LogP contribution >= 0.6 is 11.6 Å². The SMILES string of the molecule is Cc1cc(C)n(-c2ccc(=O)n(CC(=O)Nc3cccc(Cl)c3C)n2)n1. The number of nitrogens with zero attached hydrogens (tertiary/aromatic N) is 4. The van der Waals surface area contributed by atoms with Crippen molar-refractivity contribution in [1.82, 2.24) is 19.6 Å². The third-order valence-electron chi connectivity index (χ3n) is 3.91. The van der Waals surface area contributed by atoms with Gasteiger partial charge in [-0.05, 0) is 50.6 Å². The van der Waals surface area contributed by atoms with Crippen molar-refractivity contribution in [2.24, 2.45) is 0 Å². The Balaban J connectivity index is 1.84. The molecule has 7 nitrogen and oxygen atoms in total. The second-order valence-corrected chi connectivity index (χ2v) is 6.39. The zero-order valence-electron chi connectivity index (χ0n) is 14.7. The second-order valence-electron chi connectivity index (χ2n) is 5.99. The third-order valence-corrected chi connectivity index (χ3v) is 4.32. The summed E-state index contributed by atoms with van der Waals surface area (Å²) < 4.78 is 2.74. The van der Waals surface area contributed by atoms with Crippen LogP contribution in [-0.4, -0.2) is 25.5 Å². The van der Waals surface area contributed by atoms with Crippen molar-refractivity contribution in [3.05, 3.63) is 68.7 Å².